The van der Waals surface area contributed by atoms with Crippen molar-refractivity contribution in [2.45, 2.75) is 33.7 Å². The summed E-state index contributed by atoms with van der Waals surface area (Å²) in [6.45, 7) is 7.14. The summed E-state index contributed by atoms with van der Waals surface area (Å²) in [7, 11) is 0. The summed E-state index contributed by atoms with van der Waals surface area (Å²) in [5.41, 5.74) is 1.18. The highest BCUT2D eigenvalue weighted by atomic mass is 127. The SMILES string of the molecule is Cc1cc(=O)n(CCC(C)C)cc1I. The Hall–Kier alpha value is -0.320. The van der Waals surface area contributed by atoms with E-state index in [1.165, 1.54) is 0 Å². The quantitative estimate of drug-likeness (QED) is 0.787. The van der Waals surface area contributed by atoms with Crippen LogP contribution in [-0.4, -0.2) is 4.57 Å². The van der Waals surface area contributed by atoms with Crippen molar-refractivity contribution in [3.05, 3.63) is 31.8 Å². The Morgan fingerprint density at radius 1 is 1.50 bits per heavy atom. The van der Waals surface area contributed by atoms with E-state index in [1.54, 1.807) is 10.6 Å². The fraction of sp³-hybridized carbons (Fsp3) is 0.545. The van der Waals surface area contributed by atoms with Gasteiger partial charge in [-0.15, -0.1) is 0 Å². The van der Waals surface area contributed by atoms with Crippen LogP contribution in [0.4, 0.5) is 0 Å². The van der Waals surface area contributed by atoms with Gasteiger partial charge in [-0.1, -0.05) is 13.8 Å². The van der Waals surface area contributed by atoms with Crippen molar-refractivity contribution in [1.29, 1.82) is 0 Å². The normalized spacial score (nSPS) is 10.9. The molecule has 0 aliphatic rings. The molecule has 0 radical (unpaired) electrons. The van der Waals surface area contributed by atoms with Crippen molar-refractivity contribution < 1.29 is 0 Å². The van der Waals surface area contributed by atoms with Crippen LogP contribution in [0.5, 0.6) is 0 Å². The first-order valence-corrected chi connectivity index (χ1v) is 5.95. The molecule has 0 bridgehead atoms. The molecule has 1 aromatic heterocycles. The summed E-state index contributed by atoms with van der Waals surface area (Å²) in [4.78, 5) is 11.6. The molecule has 14 heavy (non-hydrogen) atoms. The van der Waals surface area contributed by atoms with E-state index >= 15 is 0 Å². The van der Waals surface area contributed by atoms with Gasteiger partial charge in [0.25, 0.3) is 5.56 Å². The average Bonchev–Trinajstić information content (AvgIpc) is 2.09. The van der Waals surface area contributed by atoms with Crippen molar-refractivity contribution in [3.8, 4) is 0 Å². The van der Waals surface area contributed by atoms with Crippen molar-refractivity contribution in [2.75, 3.05) is 0 Å². The molecule has 0 fully saturated rings. The molecule has 0 aromatic carbocycles. The second-order valence-corrected chi connectivity index (χ2v) is 5.18. The Labute approximate surface area is 98.5 Å². The van der Waals surface area contributed by atoms with E-state index in [9.17, 15) is 4.79 Å². The van der Waals surface area contributed by atoms with E-state index in [2.05, 4.69) is 36.4 Å². The number of hydrogen-bond donors (Lipinski definition) is 0. The minimum Gasteiger partial charge on any atom is -0.314 e. The lowest BCUT2D eigenvalue weighted by atomic mass is 10.1. The predicted molar refractivity (Wildman–Crippen MR) is 67.6 cm³/mol. The number of pyridine rings is 1. The monoisotopic (exact) mass is 305 g/mol. The average molecular weight is 305 g/mol. The van der Waals surface area contributed by atoms with Crippen LogP contribution < -0.4 is 5.56 Å². The van der Waals surface area contributed by atoms with Crippen LogP contribution >= 0.6 is 22.6 Å². The van der Waals surface area contributed by atoms with Gasteiger partial charge in [0.2, 0.25) is 0 Å². The third-order valence-corrected chi connectivity index (χ3v) is 3.35. The Morgan fingerprint density at radius 3 is 2.71 bits per heavy atom. The van der Waals surface area contributed by atoms with Crippen LogP contribution in [0.2, 0.25) is 0 Å². The van der Waals surface area contributed by atoms with E-state index < -0.39 is 0 Å². The van der Waals surface area contributed by atoms with E-state index in [0.29, 0.717) is 5.92 Å². The first-order valence-electron chi connectivity index (χ1n) is 4.87. The summed E-state index contributed by atoms with van der Waals surface area (Å²) in [6.07, 6.45) is 3.00. The summed E-state index contributed by atoms with van der Waals surface area (Å²) < 4.78 is 2.96. The molecule has 0 saturated carbocycles. The van der Waals surface area contributed by atoms with Gasteiger partial charge in [-0.05, 0) is 47.4 Å². The molecule has 3 heteroatoms. The molecule has 0 saturated heterocycles. The Balaban J connectivity index is 2.88. The molecule has 1 aromatic rings. The Morgan fingerprint density at radius 2 is 2.14 bits per heavy atom. The van der Waals surface area contributed by atoms with Crippen molar-refractivity contribution in [2.24, 2.45) is 5.92 Å². The number of rotatable bonds is 3. The zero-order chi connectivity index (χ0) is 10.7. The van der Waals surface area contributed by atoms with Crippen LogP contribution in [0.25, 0.3) is 0 Å². The third kappa shape index (κ3) is 3.12. The maximum absolute atomic E-state index is 11.6. The van der Waals surface area contributed by atoms with Crippen LogP contribution in [0.1, 0.15) is 25.8 Å². The maximum atomic E-state index is 11.6. The largest absolute Gasteiger partial charge is 0.314 e. The Bertz CT molecular complexity index is 368. The fourth-order valence-electron chi connectivity index (χ4n) is 1.21. The van der Waals surface area contributed by atoms with Crippen molar-refractivity contribution in [1.82, 2.24) is 4.57 Å². The van der Waals surface area contributed by atoms with Gasteiger partial charge in [0.05, 0.1) is 0 Å². The lowest BCUT2D eigenvalue weighted by Gasteiger charge is -2.09. The topological polar surface area (TPSA) is 22.0 Å². The van der Waals surface area contributed by atoms with Crippen molar-refractivity contribution in [3.63, 3.8) is 0 Å². The van der Waals surface area contributed by atoms with Crippen LogP contribution in [0.3, 0.4) is 0 Å². The molecular weight excluding hydrogens is 289 g/mol. The minimum absolute atomic E-state index is 0.114. The van der Waals surface area contributed by atoms with E-state index in [0.717, 1.165) is 22.1 Å². The van der Waals surface area contributed by atoms with Gasteiger partial charge in [0.15, 0.2) is 0 Å². The number of aryl methyl sites for hydroxylation is 2. The standard InChI is InChI=1S/C11H16INO/c1-8(2)4-5-13-7-10(12)9(3)6-11(13)14/h6-8H,4-5H2,1-3H3. The van der Waals surface area contributed by atoms with Gasteiger partial charge >= 0.3 is 0 Å². The number of aromatic nitrogens is 1. The van der Waals surface area contributed by atoms with Crippen LogP contribution in [-0.2, 0) is 6.54 Å². The van der Waals surface area contributed by atoms with Gasteiger partial charge in [-0.3, -0.25) is 4.79 Å². The van der Waals surface area contributed by atoms with E-state index in [-0.39, 0.29) is 5.56 Å². The van der Waals surface area contributed by atoms with Gasteiger partial charge in [0, 0.05) is 22.4 Å². The first kappa shape index (κ1) is 11.8. The van der Waals surface area contributed by atoms with Gasteiger partial charge < -0.3 is 4.57 Å². The number of nitrogens with zero attached hydrogens (tertiary/aromatic N) is 1. The highest BCUT2D eigenvalue weighted by Gasteiger charge is 2.01. The molecule has 0 atom stereocenters. The lowest BCUT2D eigenvalue weighted by Crippen LogP contribution is -2.20. The zero-order valence-corrected chi connectivity index (χ0v) is 11.0. The molecule has 0 aliphatic carbocycles. The summed E-state index contributed by atoms with van der Waals surface area (Å²) in [6, 6.07) is 1.71. The van der Waals surface area contributed by atoms with Gasteiger partial charge in [0.1, 0.15) is 0 Å². The highest BCUT2D eigenvalue weighted by molar-refractivity contribution is 14.1. The van der Waals surface area contributed by atoms with Gasteiger partial charge in [-0.2, -0.15) is 0 Å². The number of halogens is 1. The Kier molecular flexibility index (Phi) is 4.16. The first-order chi connectivity index (χ1) is 6.50. The highest BCUT2D eigenvalue weighted by Crippen LogP contribution is 2.08. The zero-order valence-electron chi connectivity index (χ0n) is 8.88. The molecule has 0 N–H and O–H groups in total. The second-order valence-electron chi connectivity index (χ2n) is 4.02. The maximum Gasteiger partial charge on any atom is 0.250 e. The molecule has 78 valence electrons. The molecule has 0 amide bonds. The third-order valence-electron chi connectivity index (χ3n) is 2.22. The van der Waals surface area contributed by atoms with Crippen LogP contribution in [0.15, 0.2) is 17.1 Å². The fourth-order valence-corrected chi connectivity index (χ4v) is 1.70. The minimum atomic E-state index is 0.114. The second kappa shape index (κ2) is 4.96. The molecule has 0 aliphatic heterocycles. The van der Waals surface area contributed by atoms with E-state index in [1.807, 2.05) is 13.1 Å². The molecule has 0 unspecified atom stereocenters. The molecular formula is C11H16INO. The summed E-state index contributed by atoms with van der Waals surface area (Å²) in [5.74, 6) is 0.640. The number of hydrogen-bond acceptors (Lipinski definition) is 1. The van der Waals surface area contributed by atoms with Crippen molar-refractivity contribution >= 4 is 22.6 Å². The van der Waals surface area contributed by atoms with Crippen LogP contribution in [0, 0.1) is 16.4 Å². The molecule has 1 heterocycles. The summed E-state index contributed by atoms with van der Waals surface area (Å²) >= 11 is 2.26. The summed E-state index contributed by atoms with van der Waals surface area (Å²) in [5, 5.41) is 0. The van der Waals surface area contributed by atoms with Gasteiger partial charge in [-0.25, -0.2) is 0 Å². The predicted octanol–water partition coefficient (Wildman–Crippen LogP) is 2.81. The van der Waals surface area contributed by atoms with E-state index in [4.69, 9.17) is 0 Å². The molecule has 0 spiro atoms. The molecule has 2 nitrogen and oxygen atoms in total. The smallest absolute Gasteiger partial charge is 0.250 e. The lowest BCUT2D eigenvalue weighted by molar-refractivity contribution is 0.507. The molecule has 1 rings (SSSR count).